The third kappa shape index (κ3) is 4.57. The number of epoxide rings is 1. The molecule has 24 heavy (non-hydrogen) atoms. The highest BCUT2D eigenvalue weighted by Gasteiger charge is 2.50. The van der Waals surface area contributed by atoms with Gasteiger partial charge in [0.05, 0.1) is 0 Å². The molecule has 0 aromatic heterocycles. The van der Waals surface area contributed by atoms with Gasteiger partial charge in [-0.3, -0.25) is 15.0 Å². The Bertz CT molecular complexity index is 429. The first-order chi connectivity index (χ1) is 11.5. The summed E-state index contributed by atoms with van der Waals surface area (Å²) < 4.78 is 5.94. The number of rotatable bonds is 6. The van der Waals surface area contributed by atoms with Crippen LogP contribution in [0.15, 0.2) is 0 Å². The molecule has 0 spiro atoms. The first-order valence-electron chi connectivity index (χ1n) is 9.83. The molecule has 0 bridgehead atoms. The van der Waals surface area contributed by atoms with Crippen LogP contribution in [0.1, 0.15) is 46.5 Å². The van der Waals surface area contributed by atoms with Gasteiger partial charge in [0.15, 0.2) is 0 Å². The monoisotopic (exact) mass is 337 g/mol. The molecule has 3 rings (SSSR count). The Kier molecular flexibility index (Phi) is 5.96. The zero-order chi connectivity index (χ0) is 17.2. The van der Waals surface area contributed by atoms with E-state index >= 15 is 0 Å². The smallest absolute Gasteiger partial charge is 0.141 e. The van der Waals surface area contributed by atoms with Gasteiger partial charge in [-0.15, -0.1) is 0 Å². The van der Waals surface area contributed by atoms with Crippen molar-refractivity contribution in [2.24, 2.45) is 17.3 Å². The van der Waals surface area contributed by atoms with Crippen LogP contribution in [0.3, 0.4) is 0 Å². The fourth-order valence-electron chi connectivity index (χ4n) is 4.35. The van der Waals surface area contributed by atoms with Gasteiger partial charge in [-0.1, -0.05) is 33.6 Å². The number of carbonyl (C=O) groups is 1. The molecule has 0 amide bonds. The minimum atomic E-state index is -0.236. The van der Waals surface area contributed by atoms with Crippen LogP contribution in [0.25, 0.3) is 0 Å². The molecule has 5 nitrogen and oxygen atoms in total. The summed E-state index contributed by atoms with van der Waals surface area (Å²) in [6.07, 6.45) is 5.06. The number of hydrogen-bond acceptors (Lipinski definition) is 5. The molecule has 138 valence electrons. The van der Waals surface area contributed by atoms with Gasteiger partial charge in [0, 0.05) is 50.6 Å². The third-order valence-electron chi connectivity index (χ3n) is 5.83. The van der Waals surface area contributed by atoms with Gasteiger partial charge < -0.3 is 10.1 Å². The van der Waals surface area contributed by atoms with Gasteiger partial charge >= 0.3 is 0 Å². The lowest BCUT2D eigenvalue weighted by molar-refractivity contribution is -0.133. The van der Waals surface area contributed by atoms with E-state index in [-0.39, 0.29) is 23.7 Å². The van der Waals surface area contributed by atoms with E-state index in [1.54, 1.807) is 0 Å². The maximum Gasteiger partial charge on any atom is 0.141 e. The number of piperazine rings is 1. The van der Waals surface area contributed by atoms with Crippen LogP contribution in [-0.4, -0.2) is 62.3 Å². The molecule has 0 aromatic carbocycles. The predicted molar refractivity (Wildman–Crippen MR) is 95.9 cm³/mol. The average molecular weight is 338 g/mol. The Morgan fingerprint density at radius 2 is 1.92 bits per heavy atom. The molecule has 1 saturated carbocycles. The lowest BCUT2D eigenvalue weighted by atomic mass is 9.69. The maximum atomic E-state index is 12.8. The van der Waals surface area contributed by atoms with Crippen LogP contribution in [0, 0.1) is 17.3 Å². The standard InChI is InChI=1S/C19H35N3O2/c1-19(2,3)17(23)15-7-5-4-6-14(15)16-18(24-16)21-10-13-22-11-8-20-9-12-22/h14-16,18,20-21H,4-13H2,1-3H3/t14-,15+,16?,18?/m0/s1. The van der Waals surface area contributed by atoms with E-state index in [2.05, 4.69) is 36.3 Å². The lowest BCUT2D eigenvalue weighted by Crippen LogP contribution is -2.46. The highest BCUT2D eigenvalue weighted by Crippen LogP contribution is 2.43. The number of Topliss-reactive ketones (excluding diaryl/α,β-unsaturated/α-hetero) is 1. The zero-order valence-electron chi connectivity index (χ0n) is 15.6. The van der Waals surface area contributed by atoms with E-state index < -0.39 is 0 Å². The Morgan fingerprint density at radius 3 is 2.62 bits per heavy atom. The van der Waals surface area contributed by atoms with Crippen LogP contribution in [0.2, 0.25) is 0 Å². The third-order valence-corrected chi connectivity index (χ3v) is 5.83. The molecule has 2 saturated heterocycles. The van der Waals surface area contributed by atoms with Crippen molar-refractivity contribution < 1.29 is 9.53 Å². The second-order valence-electron chi connectivity index (χ2n) is 8.74. The van der Waals surface area contributed by atoms with E-state index in [0.29, 0.717) is 11.7 Å². The van der Waals surface area contributed by atoms with Gasteiger partial charge in [-0.2, -0.15) is 0 Å². The fraction of sp³-hybridized carbons (Fsp3) is 0.947. The van der Waals surface area contributed by atoms with Crippen molar-refractivity contribution in [2.45, 2.75) is 58.8 Å². The Labute approximate surface area is 146 Å². The Hall–Kier alpha value is -0.490. The highest BCUT2D eigenvalue weighted by atomic mass is 16.6. The molecular formula is C19H35N3O2. The van der Waals surface area contributed by atoms with E-state index in [9.17, 15) is 4.79 Å². The summed E-state index contributed by atoms with van der Waals surface area (Å²) in [5.74, 6) is 1.05. The molecule has 2 heterocycles. The number of hydrogen-bond donors (Lipinski definition) is 2. The zero-order valence-corrected chi connectivity index (χ0v) is 15.6. The molecule has 3 fully saturated rings. The molecule has 0 aromatic rings. The fourth-order valence-corrected chi connectivity index (χ4v) is 4.35. The van der Waals surface area contributed by atoms with Crippen molar-refractivity contribution in [3.8, 4) is 0 Å². The van der Waals surface area contributed by atoms with Gasteiger partial charge in [0.2, 0.25) is 0 Å². The van der Waals surface area contributed by atoms with Crippen molar-refractivity contribution in [1.29, 1.82) is 0 Å². The quantitative estimate of drug-likeness (QED) is 0.722. The number of nitrogens with one attached hydrogen (secondary N) is 2. The summed E-state index contributed by atoms with van der Waals surface area (Å²) in [6.45, 7) is 12.7. The van der Waals surface area contributed by atoms with Crippen molar-refractivity contribution in [1.82, 2.24) is 15.5 Å². The Balaban J connectivity index is 1.45. The van der Waals surface area contributed by atoms with Gasteiger partial charge in [-0.05, 0) is 18.8 Å². The van der Waals surface area contributed by atoms with Crippen LogP contribution < -0.4 is 10.6 Å². The van der Waals surface area contributed by atoms with Crippen molar-refractivity contribution in [3.63, 3.8) is 0 Å². The van der Waals surface area contributed by atoms with E-state index in [4.69, 9.17) is 4.74 Å². The molecule has 5 heteroatoms. The number of nitrogens with zero attached hydrogens (tertiary/aromatic N) is 1. The minimum Gasteiger partial charge on any atom is -0.353 e. The number of ketones is 1. The summed E-state index contributed by atoms with van der Waals surface area (Å²) in [6, 6.07) is 0. The average Bonchev–Trinajstić information content (AvgIpc) is 3.34. The van der Waals surface area contributed by atoms with Crippen molar-refractivity contribution in [3.05, 3.63) is 0 Å². The van der Waals surface area contributed by atoms with E-state index in [1.807, 2.05) is 0 Å². The van der Waals surface area contributed by atoms with Gasteiger partial charge in [0.25, 0.3) is 0 Å². The Morgan fingerprint density at radius 1 is 1.21 bits per heavy atom. The molecule has 3 aliphatic rings. The summed E-state index contributed by atoms with van der Waals surface area (Å²) in [7, 11) is 0. The first-order valence-corrected chi connectivity index (χ1v) is 9.83. The summed E-state index contributed by atoms with van der Waals surface area (Å²) >= 11 is 0. The lowest BCUT2D eigenvalue weighted by Gasteiger charge is -2.33. The van der Waals surface area contributed by atoms with E-state index in [1.165, 1.54) is 12.8 Å². The SMILES string of the molecule is CC(C)(C)C(=O)[C@@H]1CCCC[C@@H]1C1OC1NCCN1CCNCC1. The largest absolute Gasteiger partial charge is 0.353 e. The summed E-state index contributed by atoms with van der Waals surface area (Å²) in [4.78, 5) is 15.3. The second-order valence-corrected chi connectivity index (χ2v) is 8.74. The van der Waals surface area contributed by atoms with Crippen LogP contribution >= 0.6 is 0 Å². The first kappa shape index (κ1) is 18.3. The van der Waals surface area contributed by atoms with Crippen molar-refractivity contribution >= 4 is 5.78 Å². The predicted octanol–water partition coefficient (Wildman–Crippen LogP) is 1.63. The van der Waals surface area contributed by atoms with Crippen LogP contribution in [0.4, 0.5) is 0 Å². The number of carbonyl (C=O) groups excluding carboxylic acids is 1. The molecule has 2 unspecified atom stereocenters. The normalized spacial score (nSPS) is 35.0. The van der Waals surface area contributed by atoms with Crippen LogP contribution in [-0.2, 0) is 9.53 Å². The maximum absolute atomic E-state index is 12.8. The summed E-state index contributed by atoms with van der Waals surface area (Å²) in [5.41, 5.74) is -0.236. The molecular weight excluding hydrogens is 302 g/mol. The molecule has 2 N–H and O–H groups in total. The number of ether oxygens (including phenoxy) is 1. The summed E-state index contributed by atoms with van der Waals surface area (Å²) in [5, 5.41) is 6.94. The second kappa shape index (κ2) is 7.81. The highest BCUT2D eigenvalue weighted by molar-refractivity contribution is 5.86. The molecule has 4 atom stereocenters. The topological polar surface area (TPSA) is 56.9 Å². The molecule has 2 aliphatic heterocycles. The van der Waals surface area contributed by atoms with Gasteiger partial charge in [-0.25, -0.2) is 0 Å². The molecule has 0 radical (unpaired) electrons. The van der Waals surface area contributed by atoms with Gasteiger partial charge in [0.1, 0.15) is 18.1 Å². The molecule has 1 aliphatic carbocycles. The van der Waals surface area contributed by atoms with E-state index in [0.717, 1.165) is 52.1 Å². The van der Waals surface area contributed by atoms with Crippen LogP contribution in [0.5, 0.6) is 0 Å². The minimum absolute atomic E-state index is 0.172. The van der Waals surface area contributed by atoms with Crippen molar-refractivity contribution in [2.75, 3.05) is 39.3 Å².